The van der Waals surface area contributed by atoms with E-state index in [0.717, 1.165) is 38.0 Å². The first kappa shape index (κ1) is 15.1. The molecule has 2 rings (SSSR count). The molecule has 5 nitrogen and oxygen atoms in total. The maximum absolute atomic E-state index is 10.8. The first-order valence-electron chi connectivity index (χ1n) is 6.98. The Morgan fingerprint density at radius 2 is 2.30 bits per heavy atom. The van der Waals surface area contributed by atoms with Crippen LogP contribution in [0.25, 0.3) is 0 Å². The quantitative estimate of drug-likeness (QED) is 0.670. The minimum atomic E-state index is -0.412. The summed E-state index contributed by atoms with van der Waals surface area (Å²) in [5.41, 5.74) is 0.959. The molecular formula is C14H20ClN3O2. The van der Waals surface area contributed by atoms with Crippen molar-refractivity contribution in [2.24, 2.45) is 0 Å². The van der Waals surface area contributed by atoms with Crippen LogP contribution in [0.2, 0.25) is 5.02 Å². The van der Waals surface area contributed by atoms with Crippen LogP contribution in [-0.4, -0.2) is 31.1 Å². The third-order valence-electron chi connectivity index (χ3n) is 3.81. The second-order valence-corrected chi connectivity index (χ2v) is 5.54. The van der Waals surface area contributed by atoms with Gasteiger partial charge in [0.25, 0.3) is 5.69 Å². The summed E-state index contributed by atoms with van der Waals surface area (Å²) in [6.07, 6.45) is 4.58. The average molecular weight is 298 g/mol. The number of piperidine rings is 1. The molecule has 20 heavy (non-hydrogen) atoms. The molecule has 1 aromatic carbocycles. The number of hydrogen-bond donors (Lipinski definition) is 1. The van der Waals surface area contributed by atoms with Gasteiger partial charge in [-0.2, -0.15) is 0 Å². The van der Waals surface area contributed by atoms with Crippen LogP contribution in [0.4, 0.5) is 11.4 Å². The van der Waals surface area contributed by atoms with E-state index in [1.54, 1.807) is 6.07 Å². The molecule has 1 saturated heterocycles. The monoisotopic (exact) mass is 297 g/mol. The van der Waals surface area contributed by atoms with E-state index in [1.807, 2.05) is 7.05 Å². The molecular weight excluding hydrogens is 278 g/mol. The fourth-order valence-electron chi connectivity index (χ4n) is 2.77. The van der Waals surface area contributed by atoms with Crippen molar-refractivity contribution in [1.82, 2.24) is 5.32 Å². The van der Waals surface area contributed by atoms with Gasteiger partial charge >= 0.3 is 0 Å². The summed E-state index contributed by atoms with van der Waals surface area (Å²) in [7, 11) is 1.95. The van der Waals surface area contributed by atoms with E-state index in [4.69, 9.17) is 11.6 Å². The van der Waals surface area contributed by atoms with Crippen molar-refractivity contribution in [2.75, 3.05) is 25.0 Å². The molecule has 1 aromatic rings. The lowest BCUT2D eigenvalue weighted by atomic mass is 9.98. The van der Waals surface area contributed by atoms with Gasteiger partial charge in [-0.25, -0.2) is 0 Å². The van der Waals surface area contributed by atoms with E-state index >= 15 is 0 Å². The Morgan fingerprint density at radius 3 is 2.95 bits per heavy atom. The van der Waals surface area contributed by atoms with Gasteiger partial charge in [0.1, 0.15) is 0 Å². The summed E-state index contributed by atoms with van der Waals surface area (Å²) in [5.74, 6) is 0. The van der Waals surface area contributed by atoms with Crippen molar-refractivity contribution in [1.29, 1.82) is 0 Å². The normalized spacial score (nSPS) is 19.1. The lowest BCUT2D eigenvalue weighted by Gasteiger charge is -2.38. The third-order valence-corrected chi connectivity index (χ3v) is 4.11. The molecule has 1 fully saturated rings. The van der Waals surface area contributed by atoms with Crippen LogP contribution < -0.4 is 10.2 Å². The minimum Gasteiger partial charge on any atom is -0.367 e. The number of benzene rings is 1. The van der Waals surface area contributed by atoms with E-state index in [-0.39, 0.29) is 5.69 Å². The van der Waals surface area contributed by atoms with Crippen LogP contribution in [0.15, 0.2) is 18.2 Å². The Morgan fingerprint density at radius 1 is 1.50 bits per heavy atom. The number of non-ortho nitro benzene ring substituents is 1. The molecule has 0 radical (unpaired) electrons. The summed E-state index contributed by atoms with van der Waals surface area (Å²) in [6.45, 7) is 1.93. The summed E-state index contributed by atoms with van der Waals surface area (Å²) in [6, 6.07) is 5.21. The Bertz CT molecular complexity index is 481. The van der Waals surface area contributed by atoms with E-state index in [0.29, 0.717) is 11.1 Å². The zero-order valence-electron chi connectivity index (χ0n) is 11.6. The minimum absolute atomic E-state index is 0.0440. The third kappa shape index (κ3) is 3.41. The zero-order valence-corrected chi connectivity index (χ0v) is 12.4. The van der Waals surface area contributed by atoms with E-state index in [2.05, 4.69) is 10.2 Å². The maximum atomic E-state index is 10.8. The summed E-state index contributed by atoms with van der Waals surface area (Å²) >= 11 is 6.24. The van der Waals surface area contributed by atoms with Crippen LogP contribution in [-0.2, 0) is 0 Å². The van der Waals surface area contributed by atoms with E-state index in [1.165, 1.54) is 18.6 Å². The molecule has 0 aliphatic carbocycles. The second-order valence-electron chi connectivity index (χ2n) is 5.13. The van der Waals surface area contributed by atoms with Gasteiger partial charge in [-0.3, -0.25) is 10.1 Å². The lowest BCUT2D eigenvalue weighted by molar-refractivity contribution is -0.384. The van der Waals surface area contributed by atoms with Gasteiger partial charge in [0.2, 0.25) is 0 Å². The number of hydrogen-bond acceptors (Lipinski definition) is 4. The maximum Gasteiger partial charge on any atom is 0.271 e. The Kier molecular flexibility index (Phi) is 5.20. The molecule has 0 bridgehead atoms. The highest BCUT2D eigenvalue weighted by atomic mass is 35.5. The van der Waals surface area contributed by atoms with E-state index < -0.39 is 4.92 Å². The average Bonchev–Trinajstić information content (AvgIpc) is 2.45. The molecule has 0 aromatic heterocycles. The largest absolute Gasteiger partial charge is 0.367 e. The van der Waals surface area contributed by atoms with Crippen LogP contribution in [0.5, 0.6) is 0 Å². The highest BCUT2D eigenvalue weighted by Gasteiger charge is 2.24. The van der Waals surface area contributed by atoms with Gasteiger partial charge in [-0.15, -0.1) is 0 Å². The highest BCUT2D eigenvalue weighted by molar-refractivity contribution is 6.33. The number of nitro groups is 1. The Labute approximate surface area is 124 Å². The molecule has 0 saturated carbocycles. The van der Waals surface area contributed by atoms with Crippen LogP contribution >= 0.6 is 11.6 Å². The first-order valence-corrected chi connectivity index (χ1v) is 7.36. The molecule has 1 aliphatic rings. The second kappa shape index (κ2) is 6.90. The van der Waals surface area contributed by atoms with Crippen molar-refractivity contribution in [2.45, 2.75) is 31.7 Å². The standard InChI is InChI=1S/C14H20ClN3O2/c1-16-8-7-11-4-2-3-9-17(11)14-6-5-12(18(19)20)10-13(14)15/h5-6,10-11,16H,2-4,7-9H2,1H3. The van der Waals surface area contributed by atoms with Gasteiger partial charge in [0.05, 0.1) is 15.6 Å². The van der Waals surface area contributed by atoms with Crippen molar-refractivity contribution in [3.8, 4) is 0 Å². The molecule has 1 atom stereocenters. The number of nitrogens with zero attached hydrogens (tertiary/aromatic N) is 2. The van der Waals surface area contributed by atoms with Crippen LogP contribution in [0, 0.1) is 10.1 Å². The topological polar surface area (TPSA) is 58.4 Å². The predicted molar refractivity (Wildman–Crippen MR) is 81.6 cm³/mol. The van der Waals surface area contributed by atoms with Gasteiger partial charge in [0.15, 0.2) is 0 Å². The number of rotatable bonds is 5. The smallest absolute Gasteiger partial charge is 0.271 e. The lowest BCUT2D eigenvalue weighted by Crippen LogP contribution is -2.41. The number of nitrogens with one attached hydrogen (secondary N) is 1. The number of anilines is 1. The molecule has 0 spiro atoms. The Hall–Kier alpha value is -1.33. The first-order chi connectivity index (χ1) is 9.63. The summed E-state index contributed by atoms with van der Waals surface area (Å²) in [4.78, 5) is 12.7. The van der Waals surface area contributed by atoms with Crippen molar-refractivity contribution in [3.05, 3.63) is 33.3 Å². The summed E-state index contributed by atoms with van der Waals surface area (Å²) in [5, 5.41) is 14.4. The molecule has 110 valence electrons. The molecule has 1 unspecified atom stereocenters. The molecule has 0 amide bonds. The highest BCUT2D eigenvalue weighted by Crippen LogP contribution is 2.34. The molecule has 6 heteroatoms. The van der Waals surface area contributed by atoms with Crippen LogP contribution in [0.3, 0.4) is 0 Å². The van der Waals surface area contributed by atoms with Gasteiger partial charge in [-0.1, -0.05) is 11.6 Å². The van der Waals surface area contributed by atoms with Crippen molar-refractivity contribution in [3.63, 3.8) is 0 Å². The zero-order chi connectivity index (χ0) is 14.5. The number of halogens is 1. The fourth-order valence-corrected chi connectivity index (χ4v) is 3.05. The number of nitro benzene ring substituents is 1. The van der Waals surface area contributed by atoms with Crippen molar-refractivity contribution < 1.29 is 4.92 Å². The van der Waals surface area contributed by atoms with Gasteiger partial charge in [0, 0.05) is 24.7 Å². The molecule has 1 aliphatic heterocycles. The fraction of sp³-hybridized carbons (Fsp3) is 0.571. The SMILES string of the molecule is CNCCC1CCCCN1c1ccc([N+](=O)[O-])cc1Cl. The summed E-state index contributed by atoms with van der Waals surface area (Å²) < 4.78 is 0. The van der Waals surface area contributed by atoms with E-state index in [9.17, 15) is 10.1 Å². The van der Waals surface area contributed by atoms with Crippen LogP contribution in [0.1, 0.15) is 25.7 Å². The van der Waals surface area contributed by atoms with Crippen molar-refractivity contribution >= 4 is 23.0 Å². The predicted octanol–water partition coefficient (Wildman–Crippen LogP) is 3.22. The molecule has 1 N–H and O–H groups in total. The van der Waals surface area contributed by atoms with Gasteiger partial charge in [-0.05, 0) is 45.3 Å². The Balaban J connectivity index is 2.21. The van der Waals surface area contributed by atoms with Gasteiger partial charge < -0.3 is 10.2 Å². The molecule has 1 heterocycles.